The molecule has 5 heteroatoms. The minimum absolute atomic E-state index is 0.193. The lowest BCUT2D eigenvalue weighted by Crippen LogP contribution is -2.23. The highest BCUT2D eigenvalue weighted by molar-refractivity contribution is 5.19. The van der Waals surface area contributed by atoms with Gasteiger partial charge in [-0.15, -0.1) is 0 Å². The molecule has 0 spiro atoms. The van der Waals surface area contributed by atoms with E-state index in [2.05, 4.69) is 33.3 Å². The lowest BCUT2D eigenvalue weighted by molar-refractivity contribution is 0.395. The second kappa shape index (κ2) is 6.80. The summed E-state index contributed by atoms with van der Waals surface area (Å²) < 4.78 is 5.12. The topological polar surface area (TPSA) is 59.9 Å². The highest BCUT2D eigenvalue weighted by Gasteiger charge is 2.12. The van der Waals surface area contributed by atoms with Crippen molar-refractivity contribution in [1.82, 2.24) is 20.3 Å². The molecule has 0 aliphatic rings. The molecule has 0 amide bonds. The number of ether oxygens (including phenoxy) is 1. The van der Waals surface area contributed by atoms with E-state index < -0.39 is 0 Å². The first-order chi connectivity index (χ1) is 9.33. The highest BCUT2D eigenvalue weighted by Crippen LogP contribution is 2.17. The molecule has 0 aliphatic heterocycles. The van der Waals surface area contributed by atoms with Gasteiger partial charge in [-0.1, -0.05) is 13.0 Å². The molecule has 19 heavy (non-hydrogen) atoms. The molecule has 2 heterocycles. The van der Waals surface area contributed by atoms with E-state index in [4.69, 9.17) is 4.74 Å². The molecular formula is C14H18N4O. The van der Waals surface area contributed by atoms with E-state index in [0.29, 0.717) is 5.88 Å². The minimum Gasteiger partial charge on any atom is -0.481 e. The largest absolute Gasteiger partial charge is 0.481 e. The zero-order valence-electron chi connectivity index (χ0n) is 11.2. The highest BCUT2D eigenvalue weighted by atomic mass is 16.5. The van der Waals surface area contributed by atoms with Crippen LogP contribution in [-0.2, 0) is 6.42 Å². The Bertz CT molecular complexity index is 504. The summed E-state index contributed by atoms with van der Waals surface area (Å²) >= 11 is 0. The van der Waals surface area contributed by atoms with Gasteiger partial charge in [-0.3, -0.25) is 4.98 Å². The van der Waals surface area contributed by atoms with Crippen LogP contribution in [0.4, 0.5) is 0 Å². The van der Waals surface area contributed by atoms with Crippen molar-refractivity contribution >= 4 is 0 Å². The van der Waals surface area contributed by atoms with Crippen LogP contribution in [0.3, 0.4) is 0 Å². The van der Waals surface area contributed by atoms with Gasteiger partial charge in [0.1, 0.15) is 6.33 Å². The summed E-state index contributed by atoms with van der Waals surface area (Å²) in [7, 11) is 1.61. The van der Waals surface area contributed by atoms with Gasteiger partial charge in [-0.2, -0.15) is 0 Å². The predicted molar refractivity (Wildman–Crippen MR) is 72.9 cm³/mol. The van der Waals surface area contributed by atoms with E-state index >= 15 is 0 Å². The Morgan fingerprint density at radius 3 is 2.95 bits per heavy atom. The SMILES string of the molecule is CCNC(Cc1cc(OC)ncn1)c1cccnc1. The van der Waals surface area contributed by atoms with Crippen molar-refractivity contribution in [2.24, 2.45) is 0 Å². The molecule has 5 nitrogen and oxygen atoms in total. The van der Waals surface area contributed by atoms with Crippen LogP contribution < -0.4 is 10.1 Å². The molecule has 2 aromatic rings. The molecule has 0 aliphatic carbocycles. The molecule has 0 bridgehead atoms. The van der Waals surface area contributed by atoms with Crippen LogP contribution in [0.1, 0.15) is 24.2 Å². The van der Waals surface area contributed by atoms with Crippen LogP contribution in [0.15, 0.2) is 36.9 Å². The number of aromatic nitrogens is 3. The Morgan fingerprint density at radius 2 is 2.26 bits per heavy atom. The Morgan fingerprint density at radius 1 is 1.37 bits per heavy atom. The fourth-order valence-electron chi connectivity index (χ4n) is 1.95. The fraction of sp³-hybridized carbons (Fsp3) is 0.357. The summed E-state index contributed by atoms with van der Waals surface area (Å²) in [5, 5.41) is 3.44. The molecule has 0 radical (unpaired) electrons. The summed E-state index contributed by atoms with van der Waals surface area (Å²) in [4.78, 5) is 12.5. The quantitative estimate of drug-likeness (QED) is 0.855. The van der Waals surface area contributed by atoms with Gasteiger partial charge in [-0.25, -0.2) is 9.97 Å². The van der Waals surface area contributed by atoms with E-state index in [1.807, 2.05) is 18.3 Å². The summed E-state index contributed by atoms with van der Waals surface area (Å²) in [5.74, 6) is 0.589. The van der Waals surface area contributed by atoms with Crippen molar-refractivity contribution < 1.29 is 4.74 Å². The summed E-state index contributed by atoms with van der Waals surface area (Å²) in [5.41, 5.74) is 2.10. The third-order valence-electron chi connectivity index (χ3n) is 2.86. The predicted octanol–water partition coefficient (Wildman–Crippen LogP) is 1.77. The van der Waals surface area contributed by atoms with Crippen LogP contribution in [-0.4, -0.2) is 28.6 Å². The Labute approximate surface area is 113 Å². The van der Waals surface area contributed by atoms with Gasteiger partial charge in [-0.05, 0) is 18.2 Å². The van der Waals surface area contributed by atoms with Crippen LogP contribution in [0.25, 0.3) is 0 Å². The zero-order chi connectivity index (χ0) is 13.5. The fourth-order valence-corrected chi connectivity index (χ4v) is 1.95. The average molecular weight is 258 g/mol. The number of pyridine rings is 1. The minimum atomic E-state index is 0.193. The van der Waals surface area contributed by atoms with Gasteiger partial charge in [0, 0.05) is 36.6 Å². The maximum Gasteiger partial charge on any atom is 0.216 e. The molecule has 0 fully saturated rings. The maximum absolute atomic E-state index is 5.12. The van der Waals surface area contributed by atoms with Gasteiger partial charge < -0.3 is 10.1 Å². The van der Waals surface area contributed by atoms with Crippen LogP contribution in [0, 0.1) is 0 Å². The Hall–Kier alpha value is -2.01. The van der Waals surface area contributed by atoms with Crippen molar-refractivity contribution in [2.75, 3.05) is 13.7 Å². The normalized spacial score (nSPS) is 12.1. The number of hydrogen-bond acceptors (Lipinski definition) is 5. The molecule has 0 aromatic carbocycles. The van der Waals surface area contributed by atoms with Crippen molar-refractivity contribution in [3.05, 3.63) is 48.2 Å². The second-order valence-electron chi connectivity index (χ2n) is 4.15. The van der Waals surface area contributed by atoms with E-state index in [0.717, 1.165) is 24.2 Å². The molecule has 1 unspecified atom stereocenters. The molecular weight excluding hydrogens is 240 g/mol. The zero-order valence-corrected chi connectivity index (χ0v) is 11.2. The van der Waals surface area contributed by atoms with E-state index in [1.54, 1.807) is 13.3 Å². The lowest BCUT2D eigenvalue weighted by atomic mass is 10.0. The lowest BCUT2D eigenvalue weighted by Gasteiger charge is -2.17. The van der Waals surface area contributed by atoms with Gasteiger partial charge in [0.15, 0.2) is 0 Å². The Kier molecular flexibility index (Phi) is 4.80. The van der Waals surface area contributed by atoms with Crippen LogP contribution >= 0.6 is 0 Å². The van der Waals surface area contributed by atoms with Crippen molar-refractivity contribution in [2.45, 2.75) is 19.4 Å². The smallest absolute Gasteiger partial charge is 0.216 e. The molecule has 2 rings (SSSR count). The van der Waals surface area contributed by atoms with E-state index in [1.165, 1.54) is 6.33 Å². The number of hydrogen-bond donors (Lipinski definition) is 1. The first-order valence-electron chi connectivity index (χ1n) is 6.31. The molecule has 100 valence electrons. The van der Waals surface area contributed by atoms with Crippen LogP contribution in [0.2, 0.25) is 0 Å². The number of nitrogens with zero attached hydrogens (tertiary/aromatic N) is 3. The van der Waals surface area contributed by atoms with Gasteiger partial charge in [0.05, 0.1) is 7.11 Å². The molecule has 1 N–H and O–H groups in total. The van der Waals surface area contributed by atoms with Gasteiger partial charge in [0.2, 0.25) is 5.88 Å². The van der Waals surface area contributed by atoms with E-state index in [9.17, 15) is 0 Å². The van der Waals surface area contributed by atoms with Gasteiger partial charge in [0.25, 0.3) is 0 Å². The van der Waals surface area contributed by atoms with Crippen molar-refractivity contribution in [1.29, 1.82) is 0 Å². The maximum atomic E-state index is 5.12. The van der Waals surface area contributed by atoms with Crippen molar-refractivity contribution in [3.63, 3.8) is 0 Å². The standard InChI is InChI=1S/C14H18N4O/c1-3-16-13(11-5-4-6-15-9-11)7-12-8-14(19-2)18-10-17-12/h4-6,8-10,13,16H,3,7H2,1-2H3. The number of likely N-dealkylation sites (N-methyl/N-ethyl adjacent to an activating group) is 1. The van der Waals surface area contributed by atoms with E-state index in [-0.39, 0.29) is 6.04 Å². The van der Waals surface area contributed by atoms with Crippen molar-refractivity contribution in [3.8, 4) is 5.88 Å². The molecule has 1 atom stereocenters. The summed E-state index contributed by atoms with van der Waals surface area (Å²) in [6.45, 7) is 2.98. The third-order valence-corrected chi connectivity index (χ3v) is 2.86. The summed E-state index contributed by atoms with van der Waals surface area (Å²) in [6.07, 6.45) is 5.96. The number of nitrogens with one attached hydrogen (secondary N) is 1. The van der Waals surface area contributed by atoms with Crippen LogP contribution in [0.5, 0.6) is 5.88 Å². The molecule has 0 saturated heterocycles. The Balaban J connectivity index is 2.16. The average Bonchev–Trinajstić information content (AvgIpc) is 2.48. The third kappa shape index (κ3) is 3.72. The monoisotopic (exact) mass is 258 g/mol. The summed E-state index contributed by atoms with van der Waals surface area (Å²) in [6, 6.07) is 6.07. The molecule has 2 aromatic heterocycles. The first-order valence-corrected chi connectivity index (χ1v) is 6.31. The second-order valence-corrected chi connectivity index (χ2v) is 4.15. The van der Waals surface area contributed by atoms with Gasteiger partial charge >= 0.3 is 0 Å². The first kappa shape index (κ1) is 13.4. The molecule has 0 saturated carbocycles. The number of methoxy groups -OCH3 is 1. The number of rotatable bonds is 6.